The number of rotatable bonds is 4. The highest BCUT2D eigenvalue weighted by atomic mass is 35.5. The number of benzene rings is 2. The van der Waals surface area contributed by atoms with Crippen LogP contribution in [0.5, 0.6) is 0 Å². The van der Waals surface area contributed by atoms with Crippen molar-refractivity contribution in [1.29, 1.82) is 0 Å². The van der Waals surface area contributed by atoms with Crippen molar-refractivity contribution in [2.75, 3.05) is 5.88 Å². The molecule has 18 heavy (non-hydrogen) atoms. The van der Waals surface area contributed by atoms with Crippen molar-refractivity contribution in [3.05, 3.63) is 70.2 Å². The normalized spacial score (nSPS) is 10.3. The maximum absolute atomic E-state index is 12.2. The Kier molecular flexibility index (Phi) is 4.40. The van der Waals surface area contributed by atoms with Crippen LogP contribution in [-0.4, -0.2) is 11.7 Å². The third-order valence-electron chi connectivity index (χ3n) is 2.71. The lowest BCUT2D eigenvalue weighted by molar-refractivity contribution is 0.103. The fourth-order valence-electron chi connectivity index (χ4n) is 1.70. The van der Waals surface area contributed by atoms with E-state index in [4.69, 9.17) is 23.2 Å². The SMILES string of the molecule is O=C(c1ccc(Cl)cc1)c1ccc(CCCl)cc1. The highest BCUT2D eigenvalue weighted by Crippen LogP contribution is 2.14. The minimum Gasteiger partial charge on any atom is -0.289 e. The molecular weight excluding hydrogens is 267 g/mol. The smallest absolute Gasteiger partial charge is 0.193 e. The molecule has 0 fully saturated rings. The predicted octanol–water partition coefficient (Wildman–Crippen LogP) is 4.35. The second-order valence-electron chi connectivity index (χ2n) is 3.97. The highest BCUT2D eigenvalue weighted by molar-refractivity contribution is 6.30. The predicted molar refractivity (Wildman–Crippen MR) is 75.8 cm³/mol. The zero-order valence-corrected chi connectivity index (χ0v) is 11.2. The van der Waals surface area contributed by atoms with Crippen LogP contribution in [0, 0.1) is 0 Å². The molecule has 0 atom stereocenters. The summed E-state index contributed by atoms with van der Waals surface area (Å²) in [7, 11) is 0. The summed E-state index contributed by atoms with van der Waals surface area (Å²) in [4.78, 5) is 12.2. The van der Waals surface area contributed by atoms with Crippen LogP contribution >= 0.6 is 23.2 Å². The van der Waals surface area contributed by atoms with E-state index in [1.165, 1.54) is 0 Å². The van der Waals surface area contributed by atoms with Gasteiger partial charge >= 0.3 is 0 Å². The van der Waals surface area contributed by atoms with Crippen LogP contribution in [0.1, 0.15) is 21.5 Å². The standard InChI is InChI=1S/C15H12Cl2O/c16-10-9-11-1-3-12(4-2-11)15(18)13-5-7-14(17)8-6-13/h1-8H,9-10H2. The van der Waals surface area contributed by atoms with Gasteiger partial charge in [-0.2, -0.15) is 0 Å². The van der Waals surface area contributed by atoms with Gasteiger partial charge < -0.3 is 0 Å². The van der Waals surface area contributed by atoms with Gasteiger partial charge in [0.05, 0.1) is 0 Å². The van der Waals surface area contributed by atoms with Crippen molar-refractivity contribution in [3.8, 4) is 0 Å². The molecule has 0 heterocycles. The molecule has 0 aromatic heterocycles. The van der Waals surface area contributed by atoms with Crippen LogP contribution in [0.15, 0.2) is 48.5 Å². The fourth-order valence-corrected chi connectivity index (χ4v) is 2.04. The Balaban J connectivity index is 2.20. The van der Waals surface area contributed by atoms with Crippen molar-refractivity contribution in [1.82, 2.24) is 0 Å². The summed E-state index contributed by atoms with van der Waals surface area (Å²) < 4.78 is 0. The zero-order chi connectivity index (χ0) is 13.0. The van der Waals surface area contributed by atoms with Gasteiger partial charge in [-0.25, -0.2) is 0 Å². The maximum Gasteiger partial charge on any atom is 0.193 e. The average Bonchev–Trinajstić information content (AvgIpc) is 2.40. The van der Waals surface area contributed by atoms with E-state index in [2.05, 4.69) is 0 Å². The monoisotopic (exact) mass is 278 g/mol. The van der Waals surface area contributed by atoms with Gasteiger partial charge in [-0.3, -0.25) is 4.79 Å². The van der Waals surface area contributed by atoms with Crippen molar-refractivity contribution in [3.63, 3.8) is 0 Å². The Bertz CT molecular complexity index is 529. The average molecular weight is 279 g/mol. The number of hydrogen-bond donors (Lipinski definition) is 0. The molecule has 0 amide bonds. The van der Waals surface area contributed by atoms with Gasteiger partial charge in [0.2, 0.25) is 0 Å². The number of carbonyl (C=O) groups is 1. The number of alkyl halides is 1. The first kappa shape index (κ1) is 13.1. The third kappa shape index (κ3) is 3.12. The van der Waals surface area contributed by atoms with Gasteiger partial charge in [0, 0.05) is 22.0 Å². The van der Waals surface area contributed by atoms with E-state index in [9.17, 15) is 4.79 Å². The quantitative estimate of drug-likeness (QED) is 0.600. The first-order chi connectivity index (χ1) is 8.70. The molecule has 0 aliphatic carbocycles. The van der Waals surface area contributed by atoms with Crippen molar-refractivity contribution in [2.45, 2.75) is 6.42 Å². The van der Waals surface area contributed by atoms with Crippen LogP contribution in [0.2, 0.25) is 5.02 Å². The topological polar surface area (TPSA) is 17.1 Å². The molecule has 0 spiro atoms. The Morgan fingerprint density at radius 1 is 0.889 bits per heavy atom. The Labute approximate surface area is 116 Å². The molecule has 0 radical (unpaired) electrons. The Morgan fingerprint density at radius 3 is 1.89 bits per heavy atom. The van der Waals surface area contributed by atoms with Gasteiger partial charge in [-0.1, -0.05) is 35.9 Å². The summed E-state index contributed by atoms with van der Waals surface area (Å²) in [5, 5.41) is 0.629. The molecule has 0 N–H and O–H groups in total. The number of aryl methyl sites for hydroxylation is 1. The molecule has 0 aliphatic rings. The summed E-state index contributed by atoms with van der Waals surface area (Å²) in [6.07, 6.45) is 0.816. The minimum absolute atomic E-state index is 0.00379. The molecule has 2 aromatic carbocycles. The number of hydrogen-bond acceptors (Lipinski definition) is 1. The molecule has 1 nitrogen and oxygen atoms in total. The van der Waals surface area contributed by atoms with E-state index in [1.807, 2.05) is 24.3 Å². The van der Waals surface area contributed by atoms with E-state index in [1.54, 1.807) is 24.3 Å². The first-order valence-corrected chi connectivity index (χ1v) is 6.57. The van der Waals surface area contributed by atoms with E-state index in [0.717, 1.165) is 12.0 Å². The van der Waals surface area contributed by atoms with Gasteiger partial charge in [-0.15, -0.1) is 11.6 Å². The molecule has 0 unspecified atom stereocenters. The lowest BCUT2D eigenvalue weighted by Gasteiger charge is -2.03. The Hall–Kier alpha value is -1.31. The lowest BCUT2D eigenvalue weighted by Crippen LogP contribution is -2.01. The molecule has 0 saturated heterocycles. The minimum atomic E-state index is 0.00379. The van der Waals surface area contributed by atoms with Crippen LogP contribution in [0.3, 0.4) is 0 Å². The number of halogens is 2. The second-order valence-corrected chi connectivity index (χ2v) is 4.79. The van der Waals surface area contributed by atoms with Gasteiger partial charge in [-0.05, 0) is 36.2 Å². The highest BCUT2D eigenvalue weighted by Gasteiger charge is 2.08. The fraction of sp³-hybridized carbons (Fsp3) is 0.133. The molecule has 2 rings (SSSR count). The summed E-state index contributed by atoms with van der Waals surface area (Å²) in [5.74, 6) is 0.592. The van der Waals surface area contributed by atoms with E-state index in [0.29, 0.717) is 22.0 Å². The third-order valence-corrected chi connectivity index (χ3v) is 3.15. The van der Waals surface area contributed by atoms with Crippen LogP contribution in [0.25, 0.3) is 0 Å². The molecule has 3 heteroatoms. The van der Waals surface area contributed by atoms with Gasteiger partial charge in [0.25, 0.3) is 0 Å². The van der Waals surface area contributed by atoms with Crippen LogP contribution in [0.4, 0.5) is 0 Å². The van der Waals surface area contributed by atoms with Gasteiger partial charge in [0.1, 0.15) is 0 Å². The van der Waals surface area contributed by atoms with E-state index < -0.39 is 0 Å². The number of ketones is 1. The van der Waals surface area contributed by atoms with E-state index in [-0.39, 0.29) is 5.78 Å². The Morgan fingerprint density at radius 2 is 1.39 bits per heavy atom. The number of carbonyl (C=O) groups excluding carboxylic acids is 1. The molecule has 2 aromatic rings. The summed E-state index contributed by atoms with van der Waals surface area (Å²) in [5.41, 5.74) is 2.46. The molecule has 0 aliphatic heterocycles. The van der Waals surface area contributed by atoms with Crippen molar-refractivity contribution >= 4 is 29.0 Å². The molecule has 0 saturated carbocycles. The van der Waals surface area contributed by atoms with Crippen LogP contribution < -0.4 is 0 Å². The summed E-state index contributed by atoms with van der Waals surface area (Å²) in [6.45, 7) is 0. The maximum atomic E-state index is 12.2. The lowest BCUT2D eigenvalue weighted by atomic mass is 10.0. The largest absolute Gasteiger partial charge is 0.289 e. The van der Waals surface area contributed by atoms with Gasteiger partial charge in [0.15, 0.2) is 5.78 Å². The van der Waals surface area contributed by atoms with E-state index >= 15 is 0 Å². The first-order valence-electron chi connectivity index (χ1n) is 5.66. The van der Waals surface area contributed by atoms with Crippen molar-refractivity contribution in [2.24, 2.45) is 0 Å². The van der Waals surface area contributed by atoms with Crippen LogP contribution in [-0.2, 0) is 6.42 Å². The summed E-state index contributed by atoms with van der Waals surface area (Å²) in [6, 6.07) is 14.4. The molecule has 92 valence electrons. The summed E-state index contributed by atoms with van der Waals surface area (Å²) >= 11 is 11.5. The molecular formula is C15H12Cl2O. The second kappa shape index (κ2) is 6.03. The molecule has 0 bridgehead atoms. The van der Waals surface area contributed by atoms with Crippen molar-refractivity contribution < 1.29 is 4.79 Å². The zero-order valence-electron chi connectivity index (χ0n) is 9.70.